The van der Waals surface area contributed by atoms with Crippen molar-refractivity contribution >= 4 is 46.9 Å². The monoisotopic (exact) mass is 763 g/mol. The predicted molar refractivity (Wildman–Crippen MR) is 209 cm³/mol. The average Bonchev–Trinajstić information content (AvgIpc) is 3.52. The molecule has 3 aromatic rings. The van der Waals surface area contributed by atoms with Gasteiger partial charge in [0.2, 0.25) is 5.91 Å². The summed E-state index contributed by atoms with van der Waals surface area (Å²) in [6, 6.07) is 15.7. The fourth-order valence-corrected chi connectivity index (χ4v) is 6.40. The third kappa shape index (κ3) is 13.4. The molecule has 0 aliphatic heterocycles. The van der Waals surface area contributed by atoms with E-state index in [1.807, 2.05) is 58.0 Å². The third-order valence-corrected chi connectivity index (χ3v) is 9.64. The van der Waals surface area contributed by atoms with Crippen molar-refractivity contribution in [1.82, 2.24) is 20.4 Å². The number of aliphatic carboxylic acids is 1. The van der Waals surface area contributed by atoms with Crippen LogP contribution in [0.3, 0.4) is 0 Å². The van der Waals surface area contributed by atoms with E-state index < -0.39 is 41.7 Å². The van der Waals surface area contributed by atoms with Gasteiger partial charge in [0.05, 0.1) is 23.7 Å². The molecule has 0 spiro atoms. The third-order valence-electron chi connectivity index (χ3n) is 9.38. The number of aliphatic imine (C=N–C) groups is 1. The van der Waals surface area contributed by atoms with E-state index in [0.717, 1.165) is 5.56 Å². The minimum absolute atomic E-state index is 0.0169. The summed E-state index contributed by atoms with van der Waals surface area (Å²) in [6.45, 7) is 9.60. The molecule has 0 aliphatic carbocycles. The Kier molecular flexibility index (Phi) is 16.9. The van der Waals surface area contributed by atoms with Crippen molar-refractivity contribution in [2.75, 3.05) is 6.54 Å². The number of guanidine groups is 1. The number of benzene rings is 2. The van der Waals surface area contributed by atoms with Crippen molar-refractivity contribution < 1.29 is 29.1 Å². The molecule has 0 bridgehead atoms. The standard InChI is InChI=1S/C40H54ClN7O6/c1-6-25(4)36(35(50)23-29(39(53)54)21-27-11-8-7-9-12-27)46-37(51)28(19-24(2)3)22-34(49)32(13-10-18-44-40(42)43)45-38(52)33-20-26(5)48(47-33)31-16-14-30(41)15-17-31/h7-9,11-12,14-17,20,24-25,28-29,32,36H,6,10,13,18-19,21-23H2,1-5H3,(H,45,52)(H,46,51)(H,53,54)(H4,42,43,44)/t25-,28+,29+,32-,36-/m0/s1. The molecule has 0 unspecified atom stereocenters. The molecular formula is C40H54ClN7O6. The van der Waals surface area contributed by atoms with Crippen LogP contribution in [0.2, 0.25) is 5.02 Å². The normalized spacial score (nSPS) is 14.0. The predicted octanol–water partition coefficient (Wildman–Crippen LogP) is 5.04. The Hall–Kier alpha value is -5.04. The Bertz CT molecular complexity index is 1760. The summed E-state index contributed by atoms with van der Waals surface area (Å²) in [7, 11) is 0. The number of carboxylic acid groups (broad SMARTS) is 1. The number of carbonyl (C=O) groups is 5. The summed E-state index contributed by atoms with van der Waals surface area (Å²) in [4.78, 5) is 71.4. The maximum absolute atomic E-state index is 14.0. The van der Waals surface area contributed by atoms with Crippen LogP contribution in [0.5, 0.6) is 0 Å². The zero-order chi connectivity index (χ0) is 39.9. The number of nitrogens with zero attached hydrogens (tertiary/aromatic N) is 3. The minimum atomic E-state index is -1.09. The van der Waals surface area contributed by atoms with E-state index in [1.165, 1.54) is 0 Å². The number of carboxylic acids is 1. The van der Waals surface area contributed by atoms with Crippen LogP contribution in [0.1, 0.15) is 88.0 Å². The SMILES string of the molecule is CC[C@H](C)[C@H](NC(=O)[C@@H](CC(=O)[C@H](CCCN=C(N)N)NC(=O)c1cc(C)n(-c2ccc(Cl)cc2)n1)CC(C)C)C(=O)C[C@@H](Cc1ccccc1)C(=O)O. The number of carbonyl (C=O) groups excluding carboxylic acids is 4. The number of nitrogens with one attached hydrogen (secondary N) is 2. The number of aryl methyl sites for hydroxylation is 1. The van der Waals surface area contributed by atoms with Gasteiger partial charge in [-0.05, 0) is 80.3 Å². The van der Waals surface area contributed by atoms with Crippen LogP contribution in [0.15, 0.2) is 65.7 Å². The molecule has 13 nitrogen and oxygen atoms in total. The van der Waals surface area contributed by atoms with Crippen molar-refractivity contribution in [1.29, 1.82) is 0 Å². The van der Waals surface area contributed by atoms with Crippen LogP contribution in [0.25, 0.3) is 5.69 Å². The van der Waals surface area contributed by atoms with Gasteiger partial charge < -0.3 is 27.2 Å². The van der Waals surface area contributed by atoms with Crippen molar-refractivity contribution in [2.45, 2.75) is 91.6 Å². The van der Waals surface area contributed by atoms with E-state index >= 15 is 0 Å². The second kappa shape index (κ2) is 21.0. The van der Waals surface area contributed by atoms with Crippen LogP contribution in [-0.4, -0.2) is 68.8 Å². The van der Waals surface area contributed by atoms with E-state index in [9.17, 15) is 29.1 Å². The van der Waals surface area contributed by atoms with Gasteiger partial charge in [0.15, 0.2) is 23.2 Å². The van der Waals surface area contributed by atoms with Crippen LogP contribution in [0, 0.1) is 30.6 Å². The van der Waals surface area contributed by atoms with Crippen molar-refractivity contribution in [3.63, 3.8) is 0 Å². The van der Waals surface area contributed by atoms with E-state index in [1.54, 1.807) is 41.9 Å². The van der Waals surface area contributed by atoms with Gasteiger partial charge in [0.25, 0.3) is 5.91 Å². The number of aromatic nitrogens is 2. The Morgan fingerprint density at radius 3 is 2.17 bits per heavy atom. The van der Waals surface area contributed by atoms with Gasteiger partial charge in [0, 0.05) is 36.0 Å². The largest absolute Gasteiger partial charge is 0.481 e. The summed E-state index contributed by atoms with van der Waals surface area (Å²) < 4.78 is 1.60. The second-order valence-electron chi connectivity index (χ2n) is 14.3. The Balaban J connectivity index is 1.81. The highest BCUT2D eigenvalue weighted by molar-refractivity contribution is 6.30. The number of nitrogens with two attached hydrogens (primary N) is 2. The molecular weight excluding hydrogens is 710 g/mol. The summed E-state index contributed by atoms with van der Waals surface area (Å²) >= 11 is 6.04. The van der Waals surface area contributed by atoms with Gasteiger partial charge in [-0.2, -0.15) is 5.10 Å². The maximum atomic E-state index is 14.0. The fraction of sp³-hybridized carbons (Fsp3) is 0.475. The van der Waals surface area contributed by atoms with Gasteiger partial charge in [-0.3, -0.25) is 29.0 Å². The number of hydrogen-bond donors (Lipinski definition) is 5. The van der Waals surface area contributed by atoms with Crippen molar-refractivity contribution in [3.05, 3.63) is 82.6 Å². The molecule has 0 saturated heterocycles. The number of amides is 2. The molecule has 0 fully saturated rings. The lowest BCUT2D eigenvalue weighted by Gasteiger charge is -2.28. The summed E-state index contributed by atoms with van der Waals surface area (Å²) in [6.07, 6.45) is 1.16. The molecule has 14 heteroatoms. The molecule has 3 rings (SSSR count). The fourth-order valence-electron chi connectivity index (χ4n) is 6.28. The maximum Gasteiger partial charge on any atom is 0.307 e. The highest BCUT2D eigenvalue weighted by atomic mass is 35.5. The highest BCUT2D eigenvalue weighted by Gasteiger charge is 2.34. The lowest BCUT2D eigenvalue weighted by Crippen LogP contribution is -2.49. The minimum Gasteiger partial charge on any atom is -0.481 e. The number of ketones is 2. The summed E-state index contributed by atoms with van der Waals surface area (Å²) in [5.41, 5.74) is 13.3. The molecule has 292 valence electrons. The van der Waals surface area contributed by atoms with Gasteiger partial charge in [-0.25, -0.2) is 4.68 Å². The number of rotatable bonds is 22. The zero-order valence-corrected chi connectivity index (χ0v) is 32.5. The molecule has 2 amide bonds. The smallest absolute Gasteiger partial charge is 0.307 e. The molecule has 54 heavy (non-hydrogen) atoms. The average molecular weight is 764 g/mol. The zero-order valence-electron chi connectivity index (χ0n) is 31.8. The van der Waals surface area contributed by atoms with Crippen LogP contribution < -0.4 is 22.1 Å². The van der Waals surface area contributed by atoms with Crippen LogP contribution in [0.4, 0.5) is 0 Å². The molecule has 2 aromatic carbocycles. The lowest BCUT2D eigenvalue weighted by atomic mass is 9.85. The molecule has 5 atom stereocenters. The molecule has 1 aromatic heterocycles. The first-order valence-corrected chi connectivity index (χ1v) is 18.8. The van der Waals surface area contributed by atoms with E-state index in [2.05, 4.69) is 20.7 Å². The molecule has 1 heterocycles. The quantitative estimate of drug-likeness (QED) is 0.0526. The van der Waals surface area contributed by atoms with Gasteiger partial charge in [-0.15, -0.1) is 0 Å². The number of hydrogen-bond acceptors (Lipinski definition) is 7. The van der Waals surface area contributed by atoms with Gasteiger partial charge in [-0.1, -0.05) is 76.0 Å². The van der Waals surface area contributed by atoms with E-state index in [4.69, 9.17) is 23.1 Å². The Labute approximate surface area is 322 Å². The van der Waals surface area contributed by atoms with Crippen molar-refractivity contribution in [3.8, 4) is 5.69 Å². The van der Waals surface area contributed by atoms with Crippen LogP contribution in [-0.2, 0) is 25.6 Å². The number of halogens is 1. The van der Waals surface area contributed by atoms with E-state index in [-0.39, 0.29) is 67.3 Å². The molecule has 0 saturated carbocycles. The number of Topliss-reactive ketones (excluding diaryl/α,β-unsaturated/α-hetero) is 2. The topological polar surface area (TPSA) is 212 Å². The molecule has 7 N–H and O–H groups in total. The van der Waals surface area contributed by atoms with Crippen molar-refractivity contribution in [2.24, 2.45) is 40.1 Å². The van der Waals surface area contributed by atoms with Crippen LogP contribution >= 0.6 is 11.6 Å². The second-order valence-corrected chi connectivity index (χ2v) is 14.7. The van der Waals surface area contributed by atoms with E-state index in [0.29, 0.717) is 35.7 Å². The Morgan fingerprint density at radius 2 is 1.57 bits per heavy atom. The first-order chi connectivity index (χ1) is 25.6. The first-order valence-electron chi connectivity index (χ1n) is 18.4. The molecule has 0 radical (unpaired) electrons. The van der Waals surface area contributed by atoms with Gasteiger partial charge >= 0.3 is 5.97 Å². The molecule has 0 aliphatic rings. The summed E-state index contributed by atoms with van der Waals surface area (Å²) in [5, 5.41) is 20.7. The summed E-state index contributed by atoms with van der Waals surface area (Å²) in [5.74, 6) is -5.05. The first kappa shape index (κ1) is 43.4. The highest BCUT2D eigenvalue weighted by Crippen LogP contribution is 2.23. The Morgan fingerprint density at radius 1 is 0.926 bits per heavy atom. The lowest BCUT2D eigenvalue weighted by molar-refractivity contribution is -0.144. The van der Waals surface area contributed by atoms with Gasteiger partial charge in [0.1, 0.15) is 0 Å².